The van der Waals surface area contributed by atoms with Crippen LogP contribution in [0.1, 0.15) is 38.3 Å². The van der Waals surface area contributed by atoms with Crippen LogP contribution in [0.2, 0.25) is 0 Å². The zero-order valence-electron chi connectivity index (χ0n) is 16.0. The Morgan fingerprint density at radius 3 is 2.67 bits per heavy atom. The maximum Gasteiger partial charge on any atom is 0.325 e. The van der Waals surface area contributed by atoms with Gasteiger partial charge >= 0.3 is 5.97 Å². The molecule has 0 aromatic carbocycles. The maximum atomic E-state index is 12.0. The van der Waals surface area contributed by atoms with Gasteiger partial charge in [-0.15, -0.1) is 0 Å². The first-order valence-corrected chi connectivity index (χ1v) is 9.56. The first kappa shape index (κ1) is 19.3. The van der Waals surface area contributed by atoms with E-state index in [1.807, 2.05) is 15.8 Å². The SMILES string of the molecule is CC(C)CCn1cc([C@H](C(=O)O)N2CCCN(c3ncccn3)CC2)cn1. The number of carboxylic acids is 1. The summed E-state index contributed by atoms with van der Waals surface area (Å²) >= 11 is 0. The van der Waals surface area contributed by atoms with Gasteiger partial charge in [0.05, 0.1) is 6.20 Å². The lowest BCUT2D eigenvalue weighted by molar-refractivity contribution is -0.143. The Morgan fingerprint density at radius 2 is 1.96 bits per heavy atom. The highest BCUT2D eigenvalue weighted by molar-refractivity contribution is 5.75. The van der Waals surface area contributed by atoms with E-state index in [1.54, 1.807) is 24.7 Å². The molecule has 1 fully saturated rings. The van der Waals surface area contributed by atoms with Crippen LogP contribution in [0.15, 0.2) is 30.9 Å². The molecule has 27 heavy (non-hydrogen) atoms. The average Bonchev–Trinajstić information content (AvgIpc) is 2.97. The van der Waals surface area contributed by atoms with Crippen molar-refractivity contribution in [2.75, 3.05) is 31.1 Å². The van der Waals surface area contributed by atoms with Gasteiger partial charge in [-0.25, -0.2) is 9.97 Å². The first-order chi connectivity index (χ1) is 13.0. The molecule has 0 spiro atoms. The van der Waals surface area contributed by atoms with Crippen molar-refractivity contribution in [3.63, 3.8) is 0 Å². The van der Waals surface area contributed by atoms with Gasteiger partial charge in [-0.05, 0) is 24.8 Å². The number of aliphatic carboxylic acids is 1. The standard InChI is InChI=1S/C19H28N6O2/c1-15(2)5-10-25-14-16(13-22-25)17(18(26)27)23-8-4-9-24(12-11-23)19-20-6-3-7-21-19/h3,6-7,13-15,17H,4-5,8-12H2,1-2H3,(H,26,27)/t17-/m1/s1. The van der Waals surface area contributed by atoms with Crippen LogP contribution in [0, 0.1) is 5.92 Å². The summed E-state index contributed by atoms with van der Waals surface area (Å²) in [5, 5.41) is 14.2. The molecule has 8 nitrogen and oxygen atoms in total. The van der Waals surface area contributed by atoms with Crippen molar-refractivity contribution < 1.29 is 9.90 Å². The van der Waals surface area contributed by atoms with Gasteiger partial charge in [0.1, 0.15) is 6.04 Å². The molecule has 2 aromatic rings. The predicted molar refractivity (Wildman–Crippen MR) is 102 cm³/mol. The Labute approximate surface area is 159 Å². The van der Waals surface area contributed by atoms with Crippen molar-refractivity contribution in [2.24, 2.45) is 5.92 Å². The Hall–Kier alpha value is -2.48. The summed E-state index contributed by atoms with van der Waals surface area (Å²) in [4.78, 5) is 24.8. The number of hydrogen-bond donors (Lipinski definition) is 1. The van der Waals surface area contributed by atoms with E-state index in [2.05, 4.69) is 33.8 Å². The second-order valence-electron chi connectivity index (χ2n) is 7.39. The predicted octanol–water partition coefficient (Wildman–Crippen LogP) is 2.06. The summed E-state index contributed by atoms with van der Waals surface area (Å²) in [5.74, 6) is 0.459. The van der Waals surface area contributed by atoms with E-state index in [9.17, 15) is 9.90 Å². The number of anilines is 1. The molecule has 0 saturated carbocycles. The fraction of sp³-hybridized carbons (Fsp3) is 0.579. The van der Waals surface area contributed by atoms with E-state index < -0.39 is 12.0 Å². The molecule has 0 unspecified atom stereocenters. The van der Waals surface area contributed by atoms with Gasteiger partial charge < -0.3 is 10.0 Å². The Balaban J connectivity index is 1.69. The van der Waals surface area contributed by atoms with E-state index in [0.29, 0.717) is 25.0 Å². The molecule has 8 heteroatoms. The topological polar surface area (TPSA) is 87.4 Å². The van der Waals surface area contributed by atoms with Crippen LogP contribution >= 0.6 is 0 Å². The second-order valence-corrected chi connectivity index (χ2v) is 7.39. The number of rotatable bonds is 7. The summed E-state index contributed by atoms with van der Waals surface area (Å²) in [6, 6.07) is 1.12. The molecule has 146 valence electrons. The van der Waals surface area contributed by atoms with E-state index in [4.69, 9.17) is 0 Å². The summed E-state index contributed by atoms with van der Waals surface area (Å²) in [7, 11) is 0. The van der Waals surface area contributed by atoms with Gasteiger partial charge in [0.2, 0.25) is 5.95 Å². The molecule has 3 heterocycles. The summed E-state index contributed by atoms with van der Waals surface area (Å²) in [6.07, 6.45) is 8.93. The highest BCUT2D eigenvalue weighted by Crippen LogP contribution is 2.23. The van der Waals surface area contributed by atoms with E-state index in [-0.39, 0.29) is 0 Å². The Bertz CT molecular complexity index is 733. The molecule has 3 rings (SSSR count). The zero-order chi connectivity index (χ0) is 19.2. The summed E-state index contributed by atoms with van der Waals surface area (Å²) in [6.45, 7) is 8.04. The number of aromatic nitrogens is 4. The molecule has 1 atom stereocenters. The second kappa shape index (κ2) is 8.94. The molecule has 0 radical (unpaired) electrons. The third-order valence-corrected chi connectivity index (χ3v) is 4.87. The van der Waals surface area contributed by atoms with Gasteiger partial charge in [0, 0.05) is 56.9 Å². The lowest BCUT2D eigenvalue weighted by atomic mass is 10.1. The van der Waals surface area contributed by atoms with Gasteiger partial charge in [0.15, 0.2) is 0 Å². The minimum atomic E-state index is -0.831. The molecule has 0 amide bonds. The van der Waals surface area contributed by atoms with Crippen molar-refractivity contribution in [2.45, 2.75) is 39.3 Å². The summed E-state index contributed by atoms with van der Waals surface area (Å²) < 4.78 is 1.85. The van der Waals surface area contributed by atoms with Crippen LogP contribution in [0.5, 0.6) is 0 Å². The Morgan fingerprint density at radius 1 is 1.19 bits per heavy atom. The maximum absolute atomic E-state index is 12.0. The molecule has 0 aliphatic carbocycles. The molecule has 0 bridgehead atoms. The van der Waals surface area contributed by atoms with Crippen LogP contribution in [-0.2, 0) is 11.3 Å². The quantitative estimate of drug-likeness (QED) is 0.796. The lowest BCUT2D eigenvalue weighted by Crippen LogP contribution is -2.37. The van der Waals surface area contributed by atoms with Crippen molar-refractivity contribution in [3.05, 3.63) is 36.4 Å². The third kappa shape index (κ3) is 5.03. The largest absolute Gasteiger partial charge is 0.480 e. The number of carboxylic acid groups (broad SMARTS) is 1. The van der Waals surface area contributed by atoms with Crippen molar-refractivity contribution >= 4 is 11.9 Å². The monoisotopic (exact) mass is 372 g/mol. The van der Waals surface area contributed by atoms with Crippen molar-refractivity contribution in [3.8, 4) is 0 Å². The lowest BCUT2D eigenvalue weighted by Gasteiger charge is -2.26. The number of nitrogens with zero attached hydrogens (tertiary/aromatic N) is 6. The fourth-order valence-electron chi connectivity index (χ4n) is 3.39. The highest BCUT2D eigenvalue weighted by atomic mass is 16.4. The molecule has 1 aliphatic heterocycles. The van der Waals surface area contributed by atoms with Gasteiger partial charge in [-0.1, -0.05) is 13.8 Å². The third-order valence-electron chi connectivity index (χ3n) is 4.87. The molecule has 1 N–H and O–H groups in total. The Kier molecular flexibility index (Phi) is 6.39. The van der Waals surface area contributed by atoms with Crippen LogP contribution in [0.3, 0.4) is 0 Å². The number of carbonyl (C=O) groups is 1. The van der Waals surface area contributed by atoms with Crippen molar-refractivity contribution in [1.29, 1.82) is 0 Å². The van der Waals surface area contributed by atoms with Crippen LogP contribution in [0.25, 0.3) is 0 Å². The smallest absolute Gasteiger partial charge is 0.325 e. The van der Waals surface area contributed by atoms with Gasteiger partial charge in [-0.3, -0.25) is 14.4 Å². The normalized spacial score (nSPS) is 17.1. The number of hydrogen-bond acceptors (Lipinski definition) is 6. The average molecular weight is 372 g/mol. The van der Waals surface area contributed by atoms with Crippen LogP contribution in [-0.4, -0.2) is 61.9 Å². The summed E-state index contributed by atoms with van der Waals surface area (Å²) in [5.41, 5.74) is 0.746. The highest BCUT2D eigenvalue weighted by Gasteiger charge is 2.30. The number of aryl methyl sites for hydroxylation is 1. The zero-order valence-corrected chi connectivity index (χ0v) is 16.0. The van der Waals surface area contributed by atoms with E-state index in [0.717, 1.165) is 38.0 Å². The molecular formula is C19H28N6O2. The van der Waals surface area contributed by atoms with E-state index >= 15 is 0 Å². The molecule has 1 aliphatic rings. The molecular weight excluding hydrogens is 344 g/mol. The first-order valence-electron chi connectivity index (χ1n) is 9.56. The molecule has 2 aromatic heterocycles. The van der Waals surface area contributed by atoms with E-state index in [1.165, 1.54) is 0 Å². The minimum Gasteiger partial charge on any atom is -0.480 e. The van der Waals surface area contributed by atoms with Gasteiger partial charge in [-0.2, -0.15) is 5.10 Å². The van der Waals surface area contributed by atoms with Crippen LogP contribution in [0.4, 0.5) is 5.95 Å². The minimum absolute atomic E-state index is 0.588. The van der Waals surface area contributed by atoms with Crippen LogP contribution < -0.4 is 4.90 Å². The fourth-order valence-corrected chi connectivity index (χ4v) is 3.39. The van der Waals surface area contributed by atoms with Crippen molar-refractivity contribution in [1.82, 2.24) is 24.6 Å². The molecule has 1 saturated heterocycles. The van der Waals surface area contributed by atoms with Gasteiger partial charge in [0.25, 0.3) is 0 Å².